The normalized spacial score (nSPS) is 14.9. The van der Waals surface area contributed by atoms with Gasteiger partial charge in [-0.05, 0) is 18.6 Å². The first-order valence-corrected chi connectivity index (χ1v) is 4.57. The number of nitrogens with two attached hydrogens (primary N) is 1. The standard InChI is InChI=1S/C9H13ClN2O2/c1-5(13)9(11)6-3-7(10)12-8(4-6)14-2/h3-5,9,13H,11H2,1-2H3/t5-,9+/m1/s1. The summed E-state index contributed by atoms with van der Waals surface area (Å²) < 4.78 is 4.93. The molecule has 0 unspecified atom stereocenters. The number of pyridine rings is 1. The van der Waals surface area contributed by atoms with E-state index >= 15 is 0 Å². The Morgan fingerprint density at radius 1 is 1.57 bits per heavy atom. The number of hydrogen-bond acceptors (Lipinski definition) is 4. The predicted octanol–water partition coefficient (Wildman–Crippen LogP) is 1.12. The summed E-state index contributed by atoms with van der Waals surface area (Å²) in [7, 11) is 1.50. The molecule has 1 aromatic rings. The van der Waals surface area contributed by atoms with Gasteiger partial charge in [0.1, 0.15) is 5.15 Å². The first-order chi connectivity index (χ1) is 6.54. The molecule has 0 amide bonds. The van der Waals surface area contributed by atoms with Crippen LogP contribution in [-0.4, -0.2) is 23.3 Å². The summed E-state index contributed by atoms with van der Waals surface area (Å²) in [6.45, 7) is 1.62. The van der Waals surface area contributed by atoms with Crippen molar-refractivity contribution in [2.24, 2.45) is 5.73 Å². The highest BCUT2D eigenvalue weighted by Gasteiger charge is 2.14. The SMILES string of the molecule is COc1cc([C@@H](N)[C@@H](C)O)cc(Cl)n1. The van der Waals surface area contributed by atoms with Crippen molar-refractivity contribution in [3.8, 4) is 5.88 Å². The number of nitrogens with zero attached hydrogens (tertiary/aromatic N) is 1. The summed E-state index contributed by atoms with van der Waals surface area (Å²) in [6, 6.07) is 2.79. The summed E-state index contributed by atoms with van der Waals surface area (Å²) in [5, 5.41) is 9.60. The van der Waals surface area contributed by atoms with Crippen LogP contribution in [0.1, 0.15) is 18.5 Å². The second kappa shape index (κ2) is 4.59. The van der Waals surface area contributed by atoms with Gasteiger partial charge in [-0.2, -0.15) is 0 Å². The van der Waals surface area contributed by atoms with Gasteiger partial charge < -0.3 is 15.6 Å². The highest BCUT2D eigenvalue weighted by Crippen LogP contribution is 2.21. The Kier molecular flexibility index (Phi) is 3.69. The minimum Gasteiger partial charge on any atom is -0.481 e. The van der Waals surface area contributed by atoms with E-state index in [1.165, 1.54) is 7.11 Å². The van der Waals surface area contributed by atoms with Gasteiger partial charge in [-0.15, -0.1) is 0 Å². The minimum atomic E-state index is -0.641. The quantitative estimate of drug-likeness (QED) is 0.744. The fourth-order valence-electron chi connectivity index (χ4n) is 1.07. The van der Waals surface area contributed by atoms with E-state index in [9.17, 15) is 5.11 Å². The average molecular weight is 217 g/mol. The van der Waals surface area contributed by atoms with Gasteiger partial charge in [0.2, 0.25) is 5.88 Å². The molecule has 0 aromatic carbocycles. The molecule has 3 N–H and O–H groups in total. The Morgan fingerprint density at radius 3 is 2.71 bits per heavy atom. The number of aliphatic hydroxyl groups is 1. The molecule has 0 bridgehead atoms. The largest absolute Gasteiger partial charge is 0.481 e. The smallest absolute Gasteiger partial charge is 0.214 e. The third-order valence-corrected chi connectivity index (χ3v) is 2.10. The Balaban J connectivity index is 3.02. The maximum absolute atomic E-state index is 9.30. The van der Waals surface area contributed by atoms with Crippen LogP contribution in [0.4, 0.5) is 0 Å². The summed E-state index contributed by atoms with van der Waals surface area (Å²) in [5.41, 5.74) is 6.44. The van der Waals surface area contributed by atoms with Crippen molar-refractivity contribution in [1.29, 1.82) is 0 Å². The monoisotopic (exact) mass is 216 g/mol. The maximum atomic E-state index is 9.30. The molecule has 14 heavy (non-hydrogen) atoms. The van der Waals surface area contributed by atoms with Gasteiger partial charge in [-0.3, -0.25) is 0 Å². The van der Waals surface area contributed by atoms with Crippen molar-refractivity contribution in [2.75, 3.05) is 7.11 Å². The van der Waals surface area contributed by atoms with E-state index in [0.717, 1.165) is 0 Å². The van der Waals surface area contributed by atoms with Crippen molar-refractivity contribution < 1.29 is 9.84 Å². The van der Waals surface area contributed by atoms with Crippen LogP contribution < -0.4 is 10.5 Å². The minimum absolute atomic E-state index is 0.301. The molecule has 5 heteroatoms. The zero-order valence-electron chi connectivity index (χ0n) is 8.07. The first kappa shape index (κ1) is 11.2. The molecular formula is C9H13ClN2O2. The van der Waals surface area contributed by atoms with Crippen LogP contribution in [0.25, 0.3) is 0 Å². The molecule has 0 aliphatic rings. The van der Waals surface area contributed by atoms with E-state index < -0.39 is 12.1 Å². The summed E-state index contributed by atoms with van der Waals surface area (Å²) >= 11 is 5.75. The van der Waals surface area contributed by atoms with Crippen LogP contribution in [-0.2, 0) is 0 Å². The lowest BCUT2D eigenvalue weighted by atomic mass is 10.1. The van der Waals surface area contributed by atoms with E-state index in [-0.39, 0.29) is 0 Å². The molecule has 0 saturated heterocycles. The molecule has 1 heterocycles. The highest BCUT2D eigenvalue weighted by atomic mass is 35.5. The fraction of sp³-hybridized carbons (Fsp3) is 0.444. The van der Waals surface area contributed by atoms with Crippen molar-refractivity contribution in [1.82, 2.24) is 4.98 Å². The lowest BCUT2D eigenvalue weighted by Crippen LogP contribution is -2.23. The highest BCUT2D eigenvalue weighted by molar-refractivity contribution is 6.29. The second-order valence-electron chi connectivity index (χ2n) is 3.03. The molecule has 0 saturated carbocycles. The van der Waals surface area contributed by atoms with Gasteiger partial charge >= 0.3 is 0 Å². The van der Waals surface area contributed by atoms with E-state index in [2.05, 4.69) is 4.98 Å². The molecular weight excluding hydrogens is 204 g/mol. The van der Waals surface area contributed by atoms with E-state index in [1.54, 1.807) is 19.1 Å². The number of aromatic nitrogens is 1. The fourth-order valence-corrected chi connectivity index (χ4v) is 1.28. The number of halogens is 1. The van der Waals surface area contributed by atoms with Crippen molar-refractivity contribution in [3.05, 3.63) is 22.8 Å². The molecule has 2 atom stereocenters. The van der Waals surface area contributed by atoms with Gasteiger partial charge in [-0.25, -0.2) is 4.98 Å². The summed E-state index contributed by atoms with van der Waals surface area (Å²) in [6.07, 6.45) is -0.641. The number of methoxy groups -OCH3 is 1. The first-order valence-electron chi connectivity index (χ1n) is 4.19. The number of ether oxygens (including phenoxy) is 1. The number of hydrogen-bond donors (Lipinski definition) is 2. The van der Waals surface area contributed by atoms with Crippen LogP contribution in [0.15, 0.2) is 12.1 Å². The predicted molar refractivity (Wildman–Crippen MR) is 54.4 cm³/mol. The zero-order chi connectivity index (χ0) is 10.7. The molecule has 0 aliphatic heterocycles. The summed E-state index contributed by atoms with van der Waals surface area (Å²) in [5.74, 6) is 0.392. The molecule has 4 nitrogen and oxygen atoms in total. The van der Waals surface area contributed by atoms with Crippen LogP contribution >= 0.6 is 11.6 Å². The molecule has 0 radical (unpaired) electrons. The summed E-state index contributed by atoms with van der Waals surface area (Å²) in [4.78, 5) is 3.90. The number of aliphatic hydroxyl groups excluding tert-OH is 1. The molecule has 0 fully saturated rings. The maximum Gasteiger partial charge on any atom is 0.214 e. The van der Waals surface area contributed by atoms with Crippen LogP contribution in [0.2, 0.25) is 5.15 Å². The van der Waals surface area contributed by atoms with Crippen molar-refractivity contribution in [2.45, 2.75) is 19.1 Å². The average Bonchev–Trinajstić information content (AvgIpc) is 2.15. The number of rotatable bonds is 3. The zero-order valence-corrected chi connectivity index (χ0v) is 8.82. The molecule has 78 valence electrons. The van der Waals surface area contributed by atoms with Gasteiger partial charge in [0.05, 0.1) is 19.3 Å². The van der Waals surface area contributed by atoms with Crippen LogP contribution in [0, 0.1) is 0 Å². The van der Waals surface area contributed by atoms with Gasteiger partial charge in [0, 0.05) is 6.07 Å². The second-order valence-corrected chi connectivity index (χ2v) is 3.42. The third-order valence-electron chi connectivity index (χ3n) is 1.91. The van der Waals surface area contributed by atoms with E-state index in [1.807, 2.05) is 0 Å². The Hall–Kier alpha value is -0.840. The molecule has 1 rings (SSSR count). The van der Waals surface area contributed by atoms with Crippen molar-refractivity contribution >= 4 is 11.6 Å². The van der Waals surface area contributed by atoms with Crippen LogP contribution in [0.5, 0.6) is 5.88 Å². The van der Waals surface area contributed by atoms with Gasteiger partial charge in [0.15, 0.2) is 0 Å². The Labute approximate surface area is 87.7 Å². The molecule has 0 spiro atoms. The topological polar surface area (TPSA) is 68.4 Å². The van der Waals surface area contributed by atoms with Gasteiger partial charge in [-0.1, -0.05) is 11.6 Å². The Bertz CT molecular complexity index is 318. The van der Waals surface area contributed by atoms with Gasteiger partial charge in [0.25, 0.3) is 0 Å². The van der Waals surface area contributed by atoms with E-state index in [0.29, 0.717) is 16.6 Å². The lowest BCUT2D eigenvalue weighted by Gasteiger charge is -2.15. The molecule has 1 aromatic heterocycles. The lowest BCUT2D eigenvalue weighted by molar-refractivity contribution is 0.164. The third kappa shape index (κ3) is 2.57. The van der Waals surface area contributed by atoms with Crippen LogP contribution in [0.3, 0.4) is 0 Å². The van der Waals surface area contributed by atoms with Crippen molar-refractivity contribution in [3.63, 3.8) is 0 Å². The Morgan fingerprint density at radius 2 is 2.21 bits per heavy atom. The molecule has 0 aliphatic carbocycles. The van der Waals surface area contributed by atoms with E-state index in [4.69, 9.17) is 22.1 Å².